The van der Waals surface area contributed by atoms with E-state index >= 15 is 0 Å². The highest BCUT2D eigenvalue weighted by Crippen LogP contribution is 2.50. The quantitative estimate of drug-likeness (QED) is 0.407. The Kier molecular flexibility index (Phi) is 7.00. The number of ketones is 1. The maximum atomic E-state index is 13.5. The van der Waals surface area contributed by atoms with Gasteiger partial charge in [-0.1, -0.05) is 49.1 Å². The Morgan fingerprint density at radius 3 is 2.74 bits per heavy atom. The number of rotatable bonds is 6. The van der Waals surface area contributed by atoms with Crippen molar-refractivity contribution < 1.29 is 14.0 Å². The normalized spacial score (nSPS) is 18.4. The number of hydrogen-bond acceptors (Lipinski definition) is 11. The minimum absolute atomic E-state index is 0.0448. The Balaban J connectivity index is 1.44. The fourth-order valence-corrected chi connectivity index (χ4v) is 6.50. The average Bonchev–Trinajstić information content (AvgIpc) is 3.59. The summed E-state index contributed by atoms with van der Waals surface area (Å²) in [6.07, 6.45) is 2.37. The van der Waals surface area contributed by atoms with Gasteiger partial charge in [-0.3, -0.25) is 14.5 Å². The van der Waals surface area contributed by atoms with Crippen LogP contribution >= 0.6 is 23.1 Å². The monoisotopic (exact) mass is 557 g/mol. The Morgan fingerprint density at radius 1 is 1.23 bits per heavy atom. The van der Waals surface area contributed by atoms with Gasteiger partial charge in [-0.2, -0.15) is 10.5 Å². The second-order valence-corrected chi connectivity index (χ2v) is 12.0. The number of anilines is 2. The largest absolute Gasteiger partial charge is 0.468 e. The lowest BCUT2D eigenvalue weighted by Crippen LogP contribution is -2.42. The molecule has 3 aromatic rings. The van der Waals surface area contributed by atoms with Crippen LogP contribution < -0.4 is 16.0 Å². The number of nitriles is 2. The van der Waals surface area contributed by atoms with Gasteiger partial charge >= 0.3 is 0 Å². The predicted molar refractivity (Wildman–Crippen MR) is 146 cm³/mol. The van der Waals surface area contributed by atoms with Crippen molar-refractivity contribution in [3.63, 3.8) is 0 Å². The summed E-state index contributed by atoms with van der Waals surface area (Å²) in [5.41, 5.74) is 8.43. The molecule has 1 amide bonds. The molecule has 0 saturated heterocycles. The summed E-state index contributed by atoms with van der Waals surface area (Å²) in [7, 11) is 0. The van der Waals surface area contributed by atoms with E-state index in [1.165, 1.54) is 29.4 Å². The van der Waals surface area contributed by atoms with Crippen LogP contribution in [0, 0.1) is 28.1 Å². The fraction of sp³-hybridized carbons (Fsp3) is 0.259. The number of Topliss-reactive ketones (excluding diaryl/α,β-unsaturated/α-hetero) is 1. The van der Waals surface area contributed by atoms with Crippen molar-refractivity contribution in [1.29, 1.82) is 10.5 Å². The van der Waals surface area contributed by atoms with Gasteiger partial charge in [0.15, 0.2) is 10.1 Å². The lowest BCUT2D eigenvalue weighted by molar-refractivity contribution is -0.118. The number of aromatic nitrogens is 2. The van der Waals surface area contributed by atoms with E-state index in [1.54, 1.807) is 41.3 Å². The molecule has 2 aromatic heterocycles. The third kappa shape index (κ3) is 5.04. The summed E-state index contributed by atoms with van der Waals surface area (Å²) in [6.45, 7) is 4.03. The van der Waals surface area contributed by atoms with Crippen molar-refractivity contribution in [2.75, 3.05) is 16.0 Å². The predicted octanol–water partition coefficient (Wildman–Crippen LogP) is 4.67. The summed E-state index contributed by atoms with van der Waals surface area (Å²) in [6, 6.07) is 14.4. The number of amides is 1. The number of furan rings is 1. The summed E-state index contributed by atoms with van der Waals surface area (Å²) < 4.78 is 6.14. The molecule has 1 unspecified atom stereocenters. The van der Waals surface area contributed by atoms with Gasteiger partial charge in [0.25, 0.3) is 0 Å². The number of carbonyl (C=O) groups excluding carboxylic acids is 2. The van der Waals surface area contributed by atoms with Gasteiger partial charge in [0.2, 0.25) is 11.0 Å². The molecule has 12 heteroatoms. The third-order valence-electron chi connectivity index (χ3n) is 6.44. The lowest BCUT2D eigenvalue weighted by Gasteiger charge is -2.42. The molecular weight excluding hydrogens is 534 g/mol. The summed E-state index contributed by atoms with van der Waals surface area (Å²) in [4.78, 5) is 27.7. The number of carbonyl (C=O) groups is 2. The van der Waals surface area contributed by atoms with E-state index in [2.05, 4.69) is 21.6 Å². The second-order valence-electron chi connectivity index (χ2n) is 9.84. The number of benzene rings is 1. The zero-order valence-electron chi connectivity index (χ0n) is 21.1. The van der Waals surface area contributed by atoms with Gasteiger partial charge in [-0.05, 0) is 36.1 Å². The molecule has 3 heterocycles. The van der Waals surface area contributed by atoms with Crippen LogP contribution in [0.15, 0.2) is 74.1 Å². The topological polar surface area (TPSA) is 162 Å². The van der Waals surface area contributed by atoms with E-state index < -0.39 is 5.92 Å². The number of nitrogens with zero attached hydrogens (tertiary/aromatic N) is 5. The Hall–Kier alpha value is -4.39. The molecule has 196 valence electrons. The SMILES string of the molecule is CC1(C)CC(=O)C2=C(C1)N(c1nnc(SCC(=O)Nc3ccccc3C#N)s1)C(N)=C(C#N)C2c1ccco1. The average molecular weight is 558 g/mol. The minimum atomic E-state index is -0.693. The Labute approximate surface area is 232 Å². The van der Waals surface area contributed by atoms with Crippen LogP contribution in [0.4, 0.5) is 10.8 Å². The molecule has 10 nitrogen and oxygen atoms in total. The second kappa shape index (κ2) is 10.4. The van der Waals surface area contributed by atoms with E-state index in [0.29, 0.717) is 50.6 Å². The molecular formula is C27H23N7O3S2. The van der Waals surface area contributed by atoms with Crippen molar-refractivity contribution in [2.45, 2.75) is 36.9 Å². The molecule has 0 bridgehead atoms. The van der Waals surface area contributed by atoms with Crippen molar-refractivity contribution in [3.8, 4) is 12.1 Å². The van der Waals surface area contributed by atoms with Crippen molar-refractivity contribution in [3.05, 3.63) is 76.6 Å². The minimum Gasteiger partial charge on any atom is -0.468 e. The Morgan fingerprint density at radius 2 is 2.03 bits per heavy atom. The van der Waals surface area contributed by atoms with E-state index in [1.807, 2.05) is 19.9 Å². The summed E-state index contributed by atoms with van der Waals surface area (Å²) in [5.74, 6) is -0.366. The Bertz CT molecular complexity index is 1610. The van der Waals surface area contributed by atoms with Gasteiger partial charge in [-0.25, -0.2) is 0 Å². The molecule has 1 atom stereocenters. The van der Waals surface area contributed by atoms with Crippen LogP contribution in [-0.4, -0.2) is 27.6 Å². The fourth-order valence-electron chi connectivity index (χ4n) is 4.82. The van der Waals surface area contributed by atoms with Crippen LogP contribution in [0.25, 0.3) is 0 Å². The molecule has 1 aliphatic heterocycles. The van der Waals surface area contributed by atoms with Gasteiger partial charge in [-0.15, -0.1) is 10.2 Å². The van der Waals surface area contributed by atoms with E-state index in [0.717, 1.165) is 0 Å². The molecule has 3 N–H and O–H groups in total. The van der Waals surface area contributed by atoms with Gasteiger partial charge < -0.3 is 15.5 Å². The van der Waals surface area contributed by atoms with Crippen LogP contribution in [0.5, 0.6) is 0 Å². The summed E-state index contributed by atoms with van der Waals surface area (Å²) in [5, 5.41) is 31.0. The standard InChI is InChI=1S/C27H23N7O3S2/c1-27(2)10-18-23(19(35)11-27)22(20-8-5-9-37-20)16(13-29)24(30)34(18)25-32-33-26(39-25)38-14-21(36)31-17-7-4-3-6-15(17)12-28/h3-9,22H,10-11,14,30H2,1-2H3,(H,31,36). The maximum Gasteiger partial charge on any atom is 0.234 e. The van der Waals surface area contributed by atoms with Gasteiger partial charge in [0.05, 0.1) is 40.8 Å². The molecule has 39 heavy (non-hydrogen) atoms. The zero-order chi connectivity index (χ0) is 27.7. The van der Waals surface area contributed by atoms with Gasteiger partial charge in [0, 0.05) is 17.7 Å². The van der Waals surface area contributed by atoms with Crippen molar-refractivity contribution in [1.82, 2.24) is 10.2 Å². The number of hydrogen-bond donors (Lipinski definition) is 2. The molecule has 0 spiro atoms. The highest BCUT2D eigenvalue weighted by Gasteiger charge is 2.46. The van der Waals surface area contributed by atoms with Crippen molar-refractivity contribution in [2.24, 2.45) is 11.1 Å². The third-order valence-corrected chi connectivity index (χ3v) is 8.49. The van der Waals surface area contributed by atoms with Crippen LogP contribution in [0.2, 0.25) is 0 Å². The molecule has 0 saturated carbocycles. The van der Waals surface area contributed by atoms with E-state index in [-0.39, 0.29) is 34.3 Å². The number of thioether (sulfide) groups is 1. The number of allylic oxidation sites excluding steroid dienone is 3. The number of nitrogens with one attached hydrogen (secondary N) is 1. The van der Waals surface area contributed by atoms with Crippen LogP contribution in [-0.2, 0) is 9.59 Å². The highest BCUT2D eigenvalue weighted by atomic mass is 32.2. The molecule has 1 aromatic carbocycles. The zero-order valence-corrected chi connectivity index (χ0v) is 22.7. The molecule has 5 rings (SSSR count). The first-order chi connectivity index (χ1) is 18.7. The highest BCUT2D eigenvalue weighted by molar-refractivity contribution is 8.01. The van der Waals surface area contributed by atoms with Crippen LogP contribution in [0.3, 0.4) is 0 Å². The summed E-state index contributed by atoms with van der Waals surface area (Å²) >= 11 is 2.39. The first-order valence-electron chi connectivity index (χ1n) is 12.0. The van der Waals surface area contributed by atoms with E-state index in [9.17, 15) is 20.1 Å². The maximum absolute atomic E-state index is 13.5. The van der Waals surface area contributed by atoms with E-state index in [4.69, 9.17) is 10.2 Å². The first kappa shape index (κ1) is 26.2. The molecule has 2 aliphatic rings. The van der Waals surface area contributed by atoms with Crippen molar-refractivity contribution >= 4 is 45.6 Å². The number of para-hydroxylation sites is 1. The lowest BCUT2D eigenvalue weighted by atomic mass is 9.69. The molecule has 0 radical (unpaired) electrons. The van der Waals surface area contributed by atoms with Gasteiger partial charge in [0.1, 0.15) is 17.7 Å². The van der Waals surface area contributed by atoms with Crippen LogP contribution in [0.1, 0.15) is 43.9 Å². The molecule has 1 aliphatic carbocycles. The number of nitrogens with two attached hydrogens (primary N) is 1. The first-order valence-corrected chi connectivity index (χ1v) is 13.8. The smallest absolute Gasteiger partial charge is 0.234 e. The molecule has 0 fully saturated rings.